The minimum Gasteiger partial charge on any atom is -0.265 e. The smallest absolute Gasteiger partial charge is 0.0631 e. The highest BCUT2D eigenvalue weighted by Crippen LogP contribution is 2.48. The van der Waals surface area contributed by atoms with Crippen molar-refractivity contribution in [1.29, 1.82) is 5.26 Å². The highest BCUT2D eigenvalue weighted by atomic mass is 35.7. The molecule has 0 aliphatic carbocycles. The lowest BCUT2D eigenvalue weighted by atomic mass is 10.3. The Morgan fingerprint density at radius 3 is 2.14 bits per heavy atom. The largest absolute Gasteiger partial charge is 0.265 e. The zero-order valence-electron chi connectivity index (χ0n) is 9.50. The number of rotatable bonds is 6. The molecule has 0 bridgehead atoms. The average Bonchev–Trinajstić information content (AvgIpc) is 2.03. The van der Waals surface area contributed by atoms with Gasteiger partial charge in [0.2, 0.25) is 0 Å². The van der Waals surface area contributed by atoms with E-state index in [-0.39, 0.29) is 0 Å². The normalized spacial score (nSPS) is 13.6. The molecular weight excluding hydrogens is 215 g/mol. The summed E-state index contributed by atoms with van der Waals surface area (Å²) in [4.78, 5) is 0. The molecule has 0 aromatic rings. The summed E-state index contributed by atoms with van der Waals surface area (Å²) in [7, 11) is -0.580. The summed E-state index contributed by atoms with van der Waals surface area (Å²) in [5.41, 5.74) is 0. The highest BCUT2D eigenvalue weighted by molar-refractivity contribution is 7.82. The van der Waals surface area contributed by atoms with Gasteiger partial charge in [-0.15, -0.1) is 0 Å². The zero-order chi connectivity index (χ0) is 11.1. The summed E-state index contributed by atoms with van der Waals surface area (Å²) >= 11 is 6.35. The summed E-state index contributed by atoms with van der Waals surface area (Å²) in [6, 6.07) is 3.13. The summed E-state index contributed by atoms with van der Waals surface area (Å²) in [6.07, 6.45) is 2.50. The molecule has 0 fully saturated rings. The molecular formula is C10H20ClN2P. The lowest BCUT2D eigenvalue weighted by Gasteiger charge is -2.34. The van der Waals surface area contributed by atoms with Crippen molar-refractivity contribution < 1.29 is 0 Å². The third kappa shape index (κ3) is 5.15. The predicted molar refractivity (Wildman–Crippen MR) is 64.6 cm³/mol. The average molecular weight is 235 g/mol. The molecule has 0 saturated heterocycles. The fourth-order valence-corrected chi connectivity index (χ4v) is 4.56. The maximum atomic E-state index is 8.44. The van der Waals surface area contributed by atoms with Gasteiger partial charge in [-0.3, -0.25) is 4.67 Å². The third-order valence-corrected chi connectivity index (χ3v) is 5.08. The van der Waals surface area contributed by atoms with E-state index in [0.717, 1.165) is 12.6 Å². The van der Waals surface area contributed by atoms with Crippen LogP contribution in [0.2, 0.25) is 0 Å². The van der Waals surface area contributed by atoms with Gasteiger partial charge < -0.3 is 0 Å². The third-order valence-electron chi connectivity index (χ3n) is 1.94. The number of nitrogens with zero attached hydrogens (tertiary/aromatic N) is 2. The van der Waals surface area contributed by atoms with Crippen LogP contribution >= 0.6 is 18.7 Å². The minimum absolute atomic E-state index is 0.487. The van der Waals surface area contributed by atoms with Crippen LogP contribution in [0.5, 0.6) is 0 Å². The molecule has 0 amide bonds. The molecule has 1 unspecified atom stereocenters. The highest BCUT2D eigenvalue weighted by Gasteiger charge is 2.21. The van der Waals surface area contributed by atoms with Gasteiger partial charge >= 0.3 is 0 Å². The Bertz CT molecular complexity index is 181. The fourth-order valence-electron chi connectivity index (χ4n) is 1.50. The Kier molecular flexibility index (Phi) is 7.55. The van der Waals surface area contributed by atoms with Gasteiger partial charge in [0.15, 0.2) is 0 Å². The first kappa shape index (κ1) is 14.2. The molecule has 82 valence electrons. The molecule has 0 spiro atoms. The van der Waals surface area contributed by atoms with E-state index in [0.29, 0.717) is 18.5 Å². The van der Waals surface area contributed by atoms with Crippen LogP contribution in [0.15, 0.2) is 0 Å². The van der Waals surface area contributed by atoms with Crippen molar-refractivity contribution in [2.24, 2.45) is 0 Å². The van der Waals surface area contributed by atoms with E-state index in [1.165, 1.54) is 0 Å². The Morgan fingerprint density at radius 1 is 1.29 bits per heavy atom. The second kappa shape index (κ2) is 7.46. The summed E-state index contributed by atoms with van der Waals surface area (Å²) in [5, 5.41) is 8.44. The van der Waals surface area contributed by atoms with E-state index >= 15 is 0 Å². The fraction of sp³-hybridized carbons (Fsp3) is 0.900. The second-order valence-corrected chi connectivity index (χ2v) is 6.64. The van der Waals surface area contributed by atoms with Crippen molar-refractivity contribution in [3.05, 3.63) is 0 Å². The summed E-state index contributed by atoms with van der Waals surface area (Å²) in [5.74, 6) is 0. The lowest BCUT2D eigenvalue weighted by molar-refractivity contribution is 0.326. The summed E-state index contributed by atoms with van der Waals surface area (Å²) in [6.45, 7) is 8.67. The molecule has 0 N–H and O–H groups in total. The number of hydrogen-bond acceptors (Lipinski definition) is 2. The molecule has 0 radical (unpaired) electrons. The quantitative estimate of drug-likeness (QED) is 0.514. The Morgan fingerprint density at radius 2 is 1.79 bits per heavy atom. The summed E-state index contributed by atoms with van der Waals surface area (Å²) < 4.78 is 2.34. The van der Waals surface area contributed by atoms with Gasteiger partial charge in [0.25, 0.3) is 0 Å². The van der Waals surface area contributed by atoms with Crippen LogP contribution in [-0.4, -0.2) is 22.9 Å². The van der Waals surface area contributed by atoms with Crippen LogP contribution in [0.4, 0.5) is 0 Å². The van der Waals surface area contributed by atoms with Gasteiger partial charge in [0, 0.05) is 18.5 Å². The number of hydrogen-bond donors (Lipinski definition) is 0. The van der Waals surface area contributed by atoms with Gasteiger partial charge in [-0.1, -0.05) is 11.2 Å². The monoisotopic (exact) mass is 234 g/mol. The molecule has 0 rings (SSSR count). The molecule has 0 saturated carbocycles. The molecule has 0 aromatic carbocycles. The number of nitriles is 1. The van der Waals surface area contributed by atoms with Crippen molar-refractivity contribution in [1.82, 2.24) is 4.67 Å². The van der Waals surface area contributed by atoms with E-state index < -0.39 is 7.43 Å². The standard InChI is InChI=1S/C10H20ClN2P/c1-9(2)13(10(3)4)14(11)8-6-5-7-12/h9-10H,5-6,8H2,1-4H3. The van der Waals surface area contributed by atoms with Crippen molar-refractivity contribution in [3.63, 3.8) is 0 Å². The SMILES string of the molecule is CC(C)N(C(C)C)P(Cl)CCCC#N. The van der Waals surface area contributed by atoms with Crippen LogP contribution in [0, 0.1) is 11.3 Å². The van der Waals surface area contributed by atoms with Crippen LogP contribution in [0.3, 0.4) is 0 Å². The molecule has 4 heteroatoms. The molecule has 0 heterocycles. The van der Waals surface area contributed by atoms with Crippen LogP contribution in [-0.2, 0) is 0 Å². The van der Waals surface area contributed by atoms with E-state index in [2.05, 4.69) is 38.4 Å². The predicted octanol–water partition coefficient (Wildman–Crippen LogP) is 3.96. The lowest BCUT2D eigenvalue weighted by Crippen LogP contribution is -2.31. The van der Waals surface area contributed by atoms with E-state index in [4.69, 9.17) is 16.5 Å². The van der Waals surface area contributed by atoms with Gasteiger partial charge in [0.1, 0.15) is 0 Å². The Balaban J connectivity index is 4.03. The van der Waals surface area contributed by atoms with E-state index in [9.17, 15) is 0 Å². The first-order valence-corrected chi connectivity index (χ1v) is 7.47. The van der Waals surface area contributed by atoms with E-state index in [1.807, 2.05) is 0 Å². The first-order chi connectivity index (χ1) is 6.50. The Hall–Kier alpha value is 0.170. The second-order valence-electron chi connectivity index (χ2n) is 3.89. The molecule has 2 nitrogen and oxygen atoms in total. The molecule has 1 atom stereocenters. The number of halogens is 1. The van der Waals surface area contributed by atoms with Crippen molar-refractivity contribution >= 4 is 18.7 Å². The van der Waals surface area contributed by atoms with Crippen LogP contribution < -0.4 is 0 Å². The van der Waals surface area contributed by atoms with E-state index in [1.54, 1.807) is 0 Å². The minimum atomic E-state index is -0.580. The van der Waals surface area contributed by atoms with Gasteiger partial charge in [-0.05, 0) is 40.3 Å². The molecule has 0 aromatic heterocycles. The Labute approximate surface area is 93.8 Å². The van der Waals surface area contributed by atoms with Crippen molar-refractivity contribution in [2.45, 2.75) is 52.6 Å². The topological polar surface area (TPSA) is 27.0 Å². The zero-order valence-corrected chi connectivity index (χ0v) is 11.1. The molecule has 0 aliphatic rings. The van der Waals surface area contributed by atoms with Gasteiger partial charge in [0.05, 0.1) is 13.5 Å². The van der Waals surface area contributed by atoms with Crippen LogP contribution in [0.25, 0.3) is 0 Å². The number of unbranched alkanes of at least 4 members (excludes halogenated alkanes) is 1. The molecule has 0 aliphatic heterocycles. The van der Waals surface area contributed by atoms with Crippen molar-refractivity contribution in [3.8, 4) is 6.07 Å². The maximum absolute atomic E-state index is 8.44. The van der Waals surface area contributed by atoms with Gasteiger partial charge in [-0.25, -0.2) is 0 Å². The molecule has 14 heavy (non-hydrogen) atoms. The van der Waals surface area contributed by atoms with Crippen molar-refractivity contribution in [2.75, 3.05) is 6.16 Å². The van der Waals surface area contributed by atoms with Crippen LogP contribution in [0.1, 0.15) is 40.5 Å². The first-order valence-electron chi connectivity index (χ1n) is 5.09. The van der Waals surface area contributed by atoms with Gasteiger partial charge in [-0.2, -0.15) is 5.26 Å². The maximum Gasteiger partial charge on any atom is 0.0631 e.